The summed E-state index contributed by atoms with van der Waals surface area (Å²) in [6.45, 7) is 5.52. The summed E-state index contributed by atoms with van der Waals surface area (Å²) in [4.78, 5) is 35.3. The van der Waals surface area contributed by atoms with E-state index >= 15 is 0 Å². The van der Waals surface area contributed by atoms with Gasteiger partial charge in [-0.05, 0) is 45.9 Å². The summed E-state index contributed by atoms with van der Waals surface area (Å²) >= 11 is 0. The molecule has 1 aromatic carbocycles. The highest BCUT2D eigenvalue weighted by atomic mass is 19.1. The average Bonchev–Trinajstić information content (AvgIpc) is 3.15. The number of aryl methyl sites for hydroxylation is 2. The minimum Gasteiger partial charge on any atom is -0.456 e. The Hall–Kier alpha value is -3.82. The zero-order valence-corrected chi connectivity index (χ0v) is 17.5. The van der Waals surface area contributed by atoms with Crippen LogP contribution >= 0.6 is 0 Å². The van der Waals surface area contributed by atoms with Crippen molar-refractivity contribution >= 4 is 17.4 Å². The van der Waals surface area contributed by atoms with Gasteiger partial charge in [0.05, 0.1) is 10.6 Å². The number of ether oxygens (including phenoxy) is 1. The predicted octanol–water partition coefficient (Wildman–Crippen LogP) is 3.38. The number of nitrogens with zero attached hydrogens (tertiary/aromatic N) is 4. The molecule has 162 valence electrons. The van der Waals surface area contributed by atoms with Gasteiger partial charge in [-0.3, -0.25) is 24.4 Å². The van der Waals surface area contributed by atoms with E-state index in [1.807, 2.05) is 0 Å². The van der Waals surface area contributed by atoms with Crippen molar-refractivity contribution in [1.29, 1.82) is 0 Å². The van der Waals surface area contributed by atoms with Crippen molar-refractivity contribution in [2.24, 2.45) is 0 Å². The van der Waals surface area contributed by atoms with Crippen molar-refractivity contribution in [3.8, 4) is 5.69 Å². The topological polar surface area (TPSA) is 109 Å². The summed E-state index contributed by atoms with van der Waals surface area (Å²) in [5, 5.41) is 15.0. The quantitative estimate of drug-likeness (QED) is 0.247. The van der Waals surface area contributed by atoms with E-state index in [4.69, 9.17) is 4.74 Å². The van der Waals surface area contributed by atoms with Gasteiger partial charge in [0.2, 0.25) is 5.78 Å². The smallest absolute Gasteiger partial charge is 0.328 e. The van der Waals surface area contributed by atoms with E-state index in [1.54, 1.807) is 42.7 Å². The molecular formula is C21H21FN4O5. The molecule has 0 aliphatic carbocycles. The number of rotatable bonds is 7. The second-order valence-corrected chi connectivity index (χ2v) is 7.09. The normalized spacial score (nSPS) is 10.9. The second kappa shape index (κ2) is 8.50. The molecule has 31 heavy (non-hydrogen) atoms. The third-order valence-corrected chi connectivity index (χ3v) is 4.99. The Bertz CT molecular complexity index is 1190. The fourth-order valence-electron chi connectivity index (χ4n) is 3.55. The van der Waals surface area contributed by atoms with Crippen LogP contribution in [0.25, 0.3) is 5.69 Å². The van der Waals surface area contributed by atoms with Gasteiger partial charge in [0, 0.05) is 17.0 Å². The van der Waals surface area contributed by atoms with Crippen molar-refractivity contribution in [2.75, 3.05) is 6.61 Å². The first-order valence-corrected chi connectivity index (χ1v) is 9.42. The number of para-hydroxylation sites is 1. The number of benzene rings is 1. The van der Waals surface area contributed by atoms with E-state index < -0.39 is 29.1 Å². The zero-order valence-electron chi connectivity index (χ0n) is 17.5. The van der Waals surface area contributed by atoms with E-state index in [9.17, 15) is 24.1 Å². The molecule has 3 rings (SSSR count). The molecule has 0 radical (unpaired) electrons. The Balaban J connectivity index is 1.71. The summed E-state index contributed by atoms with van der Waals surface area (Å²) in [7, 11) is 0. The molecule has 2 heterocycles. The number of nitro groups is 1. The van der Waals surface area contributed by atoms with Crippen molar-refractivity contribution < 1.29 is 23.6 Å². The van der Waals surface area contributed by atoms with Gasteiger partial charge in [0.15, 0.2) is 6.61 Å². The Morgan fingerprint density at radius 3 is 2.45 bits per heavy atom. The van der Waals surface area contributed by atoms with Crippen LogP contribution in [0, 0.1) is 43.6 Å². The fourth-order valence-corrected chi connectivity index (χ4v) is 3.55. The van der Waals surface area contributed by atoms with Crippen molar-refractivity contribution in [3.05, 3.63) is 74.6 Å². The van der Waals surface area contributed by atoms with Gasteiger partial charge in [-0.25, -0.2) is 4.39 Å². The van der Waals surface area contributed by atoms with E-state index in [-0.39, 0.29) is 23.6 Å². The molecule has 9 nitrogen and oxygen atoms in total. The molecule has 0 atom stereocenters. The molecule has 0 aliphatic heterocycles. The summed E-state index contributed by atoms with van der Waals surface area (Å²) in [6.07, 6.45) is 0. The predicted molar refractivity (Wildman–Crippen MR) is 109 cm³/mol. The standard InChI is InChI=1S/C21H21FN4O5/c1-12-9-16(14(3)25(12)18-8-6-5-7-17(18)22)19(27)11-31-20(28)10-24-15(4)21(26(29)30)13(2)23-24/h5-9H,10-11H2,1-4H3. The number of halogens is 1. The van der Waals surface area contributed by atoms with Crippen molar-refractivity contribution in [3.63, 3.8) is 0 Å². The number of hydrogen-bond donors (Lipinski definition) is 0. The lowest BCUT2D eigenvalue weighted by Crippen LogP contribution is -2.20. The molecule has 0 amide bonds. The highest BCUT2D eigenvalue weighted by Gasteiger charge is 2.24. The maximum Gasteiger partial charge on any atom is 0.328 e. The number of esters is 1. The lowest BCUT2D eigenvalue weighted by Gasteiger charge is -2.11. The first-order chi connectivity index (χ1) is 14.6. The van der Waals surface area contributed by atoms with Gasteiger partial charge < -0.3 is 9.30 Å². The zero-order chi connectivity index (χ0) is 22.9. The molecule has 0 saturated heterocycles. The minimum absolute atomic E-state index is 0.163. The minimum atomic E-state index is -0.753. The van der Waals surface area contributed by atoms with Crippen LogP contribution in [0.5, 0.6) is 0 Å². The van der Waals surface area contributed by atoms with Crippen molar-refractivity contribution in [1.82, 2.24) is 14.3 Å². The summed E-state index contributed by atoms with van der Waals surface area (Å²) < 4.78 is 22.0. The van der Waals surface area contributed by atoms with Crippen molar-refractivity contribution in [2.45, 2.75) is 34.2 Å². The lowest BCUT2D eigenvalue weighted by atomic mass is 10.1. The Kier molecular flexibility index (Phi) is 6.00. The SMILES string of the molecule is Cc1nn(CC(=O)OCC(=O)c2cc(C)n(-c3ccccc3F)c2C)c(C)c1[N+](=O)[O-]. The van der Waals surface area contributed by atoms with Gasteiger partial charge >= 0.3 is 11.7 Å². The number of carbonyl (C=O) groups is 2. The maximum absolute atomic E-state index is 14.2. The number of aromatic nitrogens is 3. The molecule has 0 spiro atoms. The summed E-state index contributed by atoms with van der Waals surface area (Å²) in [5.74, 6) is -1.62. The van der Waals surface area contributed by atoms with Crippen LogP contribution in [-0.4, -0.2) is 37.6 Å². The average molecular weight is 428 g/mol. The Morgan fingerprint density at radius 2 is 1.84 bits per heavy atom. The highest BCUT2D eigenvalue weighted by molar-refractivity contribution is 5.99. The second-order valence-electron chi connectivity index (χ2n) is 7.09. The third kappa shape index (κ3) is 4.23. The monoisotopic (exact) mass is 428 g/mol. The van der Waals surface area contributed by atoms with Crippen LogP contribution in [0.3, 0.4) is 0 Å². The summed E-state index contributed by atoms with van der Waals surface area (Å²) in [5.41, 5.74) is 2.07. The fraction of sp³-hybridized carbons (Fsp3) is 0.286. The van der Waals surface area contributed by atoms with Crippen LogP contribution in [0.2, 0.25) is 0 Å². The van der Waals surface area contributed by atoms with E-state index in [1.165, 1.54) is 24.6 Å². The first-order valence-electron chi connectivity index (χ1n) is 9.42. The van der Waals surface area contributed by atoms with E-state index in [0.29, 0.717) is 22.6 Å². The van der Waals surface area contributed by atoms with Gasteiger partial charge in [0.25, 0.3) is 0 Å². The Labute approximate surface area is 177 Å². The lowest BCUT2D eigenvalue weighted by molar-refractivity contribution is -0.386. The van der Waals surface area contributed by atoms with Crippen LogP contribution in [-0.2, 0) is 16.1 Å². The van der Waals surface area contributed by atoms with Crippen LogP contribution in [0.15, 0.2) is 30.3 Å². The number of Topliss-reactive ketones (excluding diaryl/α,β-unsaturated/α-hetero) is 1. The van der Waals surface area contributed by atoms with Gasteiger partial charge in [-0.15, -0.1) is 0 Å². The van der Waals surface area contributed by atoms with Gasteiger partial charge in [0.1, 0.15) is 23.7 Å². The number of ketones is 1. The Morgan fingerprint density at radius 1 is 1.16 bits per heavy atom. The van der Waals surface area contributed by atoms with Crippen LogP contribution in [0.1, 0.15) is 33.1 Å². The third-order valence-electron chi connectivity index (χ3n) is 4.99. The molecule has 2 aromatic heterocycles. The molecule has 0 fully saturated rings. The molecule has 0 N–H and O–H groups in total. The van der Waals surface area contributed by atoms with Crippen LogP contribution < -0.4 is 0 Å². The summed E-state index contributed by atoms with van der Waals surface area (Å²) in [6, 6.07) is 7.83. The number of hydrogen-bond acceptors (Lipinski definition) is 6. The molecular weight excluding hydrogens is 407 g/mol. The first kappa shape index (κ1) is 21.9. The molecule has 0 saturated carbocycles. The molecule has 3 aromatic rings. The maximum atomic E-state index is 14.2. The largest absolute Gasteiger partial charge is 0.456 e. The molecule has 0 unspecified atom stereocenters. The van der Waals surface area contributed by atoms with Gasteiger partial charge in [-0.1, -0.05) is 12.1 Å². The van der Waals surface area contributed by atoms with E-state index in [2.05, 4.69) is 5.10 Å². The molecule has 10 heteroatoms. The van der Waals surface area contributed by atoms with Crippen LogP contribution in [0.4, 0.5) is 10.1 Å². The number of carbonyl (C=O) groups excluding carboxylic acids is 2. The molecule has 0 bridgehead atoms. The highest BCUT2D eigenvalue weighted by Crippen LogP contribution is 2.24. The van der Waals surface area contributed by atoms with E-state index in [0.717, 1.165) is 0 Å². The molecule has 0 aliphatic rings. The van der Waals surface area contributed by atoms with Gasteiger partial charge in [-0.2, -0.15) is 5.10 Å².